The third kappa shape index (κ3) is 12.7. The fourth-order valence-electron chi connectivity index (χ4n) is 7.13. The Hall–Kier alpha value is -6.27. The molecule has 4 bridgehead atoms. The van der Waals surface area contributed by atoms with Crippen LogP contribution < -0.4 is 27.0 Å². The van der Waals surface area contributed by atoms with Gasteiger partial charge in [0.25, 0.3) is 16.0 Å². The van der Waals surface area contributed by atoms with Crippen molar-refractivity contribution >= 4 is 51.3 Å². The number of fused-ring (bicyclic) bond motifs is 5. The molecule has 1 heterocycles. The number of likely N-dealkylation sites (N-methyl/N-ethyl adjacent to an activating group) is 1. The number of carbonyl (C=O) groups excluding carboxylic acids is 5. The zero-order chi connectivity index (χ0) is 46.7. The van der Waals surface area contributed by atoms with E-state index in [1.165, 1.54) is 70.3 Å². The fourth-order valence-corrected chi connectivity index (χ4v) is 8.09. The Bertz CT molecular complexity index is 2480. The summed E-state index contributed by atoms with van der Waals surface area (Å²) in [5, 5.41) is 34.4. The maximum Gasteiger partial charge on any atom is 0.289 e. The summed E-state index contributed by atoms with van der Waals surface area (Å²) >= 11 is 6.04. The zero-order valence-electron chi connectivity index (χ0n) is 35.8. The highest BCUT2D eigenvalue weighted by atomic mass is 35.5. The van der Waals surface area contributed by atoms with Crippen LogP contribution in [0, 0.1) is 0 Å². The molecule has 0 unspecified atom stereocenters. The second-order valence-electron chi connectivity index (χ2n) is 15.4. The summed E-state index contributed by atoms with van der Waals surface area (Å²) in [5.41, 5.74) is 8.65. The number of nitrogens with one attached hydrogen (secondary N) is 4. The van der Waals surface area contributed by atoms with Crippen molar-refractivity contribution in [3.05, 3.63) is 118 Å². The van der Waals surface area contributed by atoms with Crippen LogP contribution in [0.4, 0.5) is 0 Å². The molecule has 1 aliphatic heterocycles. The Balaban J connectivity index is 1.47. The van der Waals surface area contributed by atoms with Gasteiger partial charge in [-0.25, -0.2) is 0 Å². The normalized spacial score (nSPS) is 17.6. The lowest BCUT2D eigenvalue weighted by Crippen LogP contribution is -2.56. The second-order valence-corrected chi connectivity index (χ2v) is 17.3. The lowest BCUT2D eigenvalue weighted by molar-refractivity contribution is -0.141. The highest BCUT2D eigenvalue weighted by Crippen LogP contribution is 2.39. The summed E-state index contributed by atoms with van der Waals surface area (Å²) in [7, 11) is -2.62. The number of phenolic OH excluding ortho intramolecular Hbond substituents is 2. The Morgan fingerprint density at radius 2 is 1.53 bits per heavy atom. The summed E-state index contributed by atoms with van der Waals surface area (Å²) < 4.78 is 28.8. The van der Waals surface area contributed by atoms with Crippen LogP contribution in [0.5, 0.6) is 11.5 Å². The van der Waals surface area contributed by atoms with Crippen molar-refractivity contribution in [2.75, 3.05) is 20.2 Å². The Morgan fingerprint density at radius 3 is 2.17 bits per heavy atom. The van der Waals surface area contributed by atoms with Crippen LogP contribution in [0.15, 0.2) is 96.4 Å². The van der Waals surface area contributed by atoms with E-state index in [0.717, 1.165) is 21.4 Å². The third-order valence-corrected chi connectivity index (χ3v) is 11.9. The second kappa shape index (κ2) is 21.9. The molecule has 5 atom stereocenters. The molecule has 64 heavy (non-hydrogen) atoms. The summed E-state index contributed by atoms with van der Waals surface area (Å²) in [5.74, 6) is -3.99. The monoisotopic (exact) mass is 916 g/mol. The molecule has 0 spiro atoms. The molecule has 4 aromatic rings. The first kappa shape index (κ1) is 48.8. The first-order chi connectivity index (χ1) is 30.4. The number of benzene rings is 4. The number of carbonyl (C=O) groups is 5. The van der Waals surface area contributed by atoms with E-state index in [4.69, 9.17) is 21.5 Å². The molecule has 340 valence electrons. The number of hydrogen-bond donors (Lipinski definition) is 7. The van der Waals surface area contributed by atoms with Gasteiger partial charge >= 0.3 is 0 Å². The maximum absolute atomic E-state index is 14.6. The van der Waals surface area contributed by atoms with Crippen LogP contribution in [0.3, 0.4) is 0 Å². The minimum absolute atomic E-state index is 0.0862. The zero-order valence-corrected chi connectivity index (χ0v) is 37.4. The molecule has 8 N–H and O–H groups in total. The average Bonchev–Trinajstić information content (AvgIpc) is 3.26. The van der Waals surface area contributed by atoms with Crippen molar-refractivity contribution in [3.63, 3.8) is 0 Å². The molecule has 18 heteroatoms. The van der Waals surface area contributed by atoms with Gasteiger partial charge in [-0.3, -0.25) is 28.2 Å². The summed E-state index contributed by atoms with van der Waals surface area (Å²) in [4.78, 5) is 71.3. The Morgan fingerprint density at radius 1 is 0.906 bits per heavy atom. The molecule has 0 aliphatic carbocycles. The van der Waals surface area contributed by atoms with E-state index < -0.39 is 69.9 Å². The molecule has 1 aliphatic rings. The molecule has 0 saturated carbocycles. The number of halogens is 1. The van der Waals surface area contributed by atoms with Crippen LogP contribution in [-0.4, -0.2) is 97.4 Å². The summed E-state index contributed by atoms with van der Waals surface area (Å²) in [6.07, 6.45) is 2.26. The largest absolute Gasteiger partial charge is 0.507 e. The van der Waals surface area contributed by atoms with E-state index in [1.54, 1.807) is 36.4 Å². The predicted octanol–water partition coefficient (Wildman–Crippen LogP) is 4.44. The highest BCUT2D eigenvalue weighted by Gasteiger charge is 2.36. The smallest absolute Gasteiger partial charge is 0.289 e. The molecule has 5 amide bonds. The van der Waals surface area contributed by atoms with Gasteiger partial charge in [0.2, 0.25) is 23.6 Å². The van der Waals surface area contributed by atoms with Crippen molar-refractivity contribution < 1.29 is 46.8 Å². The molecule has 0 aromatic heterocycles. The van der Waals surface area contributed by atoms with Crippen LogP contribution in [0.2, 0.25) is 5.02 Å². The van der Waals surface area contributed by atoms with Crippen molar-refractivity contribution in [1.29, 1.82) is 0 Å². The van der Waals surface area contributed by atoms with Crippen LogP contribution >= 0.6 is 11.6 Å². The Kier molecular flexibility index (Phi) is 16.7. The lowest BCUT2D eigenvalue weighted by atomic mass is 9.93. The van der Waals surface area contributed by atoms with Crippen molar-refractivity contribution in [2.45, 2.75) is 76.7 Å². The van der Waals surface area contributed by atoms with E-state index in [1.807, 2.05) is 12.1 Å². The first-order valence-corrected chi connectivity index (χ1v) is 22.5. The predicted molar refractivity (Wildman–Crippen MR) is 242 cm³/mol. The summed E-state index contributed by atoms with van der Waals surface area (Å²) in [6, 6.07) is 16.6. The highest BCUT2D eigenvalue weighted by molar-refractivity contribution is 7.89. The van der Waals surface area contributed by atoms with Gasteiger partial charge in [-0.05, 0) is 123 Å². The number of amides is 5. The SMILES string of the molecule is CCOS(=O)(=O)/C=C/[C@H](C)NC(=O)[C@@H]1Cc2ccc(O)c(c2)-c2cc(ccc2O)[C@H](N(C)C(=O)[C@H](CCCCN)NC(=O)c2ccc(-c3ccc(Cl)cc3)cc2)C(=O)N[C@@H](C)C(=O)N1. The third-order valence-electron chi connectivity index (χ3n) is 10.6. The van der Waals surface area contributed by atoms with Gasteiger partial charge in [-0.1, -0.05) is 48.0 Å². The standard InChI is InChI=1S/C46H53ClN6O10S/c1-5-63-64(61,62)23-21-27(2)49-44(58)38-25-29-9-19-39(54)35(24-29)36-26-33(16-20-40(36)55)41(45(59)50-28(3)42(56)52-38)53(4)46(60)37(8-6-7-22-48)51-43(57)32-12-10-30(11-13-32)31-14-17-34(47)18-15-31/h9-21,23-24,26-28,37-38,41,54-55H,5-8,22,25,48H2,1-4H3,(H,49,58)(H,50,59)(H,51,57)(H,52,56)/b23-21+/t27-,28-,37-,38-,41-/m0/s1. The van der Waals surface area contributed by atoms with Gasteiger partial charge in [0.1, 0.15) is 35.7 Å². The fraction of sp³-hybridized carbons (Fsp3) is 0.326. The van der Waals surface area contributed by atoms with E-state index >= 15 is 0 Å². The first-order valence-electron chi connectivity index (χ1n) is 20.7. The van der Waals surface area contributed by atoms with E-state index in [0.29, 0.717) is 30.0 Å². The minimum atomic E-state index is -4.00. The van der Waals surface area contributed by atoms with E-state index in [9.17, 15) is 42.6 Å². The molecule has 5 rings (SSSR count). The molecule has 0 saturated heterocycles. The van der Waals surface area contributed by atoms with Gasteiger partial charge in [-0.2, -0.15) is 8.42 Å². The van der Waals surface area contributed by atoms with Gasteiger partial charge in [-0.15, -0.1) is 0 Å². The van der Waals surface area contributed by atoms with Gasteiger partial charge in [0.05, 0.1) is 12.0 Å². The Labute approximate surface area is 377 Å². The molecule has 4 aromatic carbocycles. The van der Waals surface area contributed by atoms with E-state index in [-0.39, 0.29) is 53.2 Å². The molecular weight excluding hydrogens is 864 g/mol. The van der Waals surface area contributed by atoms with Gasteiger partial charge in [0.15, 0.2) is 0 Å². The summed E-state index contributed by atoms with van der Waals surface area (Å²) in [6.45, 7) is 4.67. The quantitative estimate of drug-likeness (QED) is 0.0649. The topological polar surface area (TPSA) is 247 Å². The molecule has 16 nitrogen and oxygen atoms in total. The van der Waals surface area contributed by atoms with Crippen molar-refractivity contribution in [2.24, 2.45) is 5.73 Å². The number of aromatic hydroxyl groups is 2. The number of unbranched alkanes of at least 4 members (excludes halogenated alkanes) is 1. The number of phenols is 2. The average molecular weight is 917 g/mol. The van der Waals surface area contributed by atoms with Crippen LogP contribution in [0.25, 0.3) is 22.3 Å². The minimum Gasteiger partial charge on any atom is -0.507 e. The van der Waals surface area contributed by atoms with Crippen molar-refractivity contribution in [3.8, 4) is 33.8 Å². The molecule has 0 radical (unpaired) electrons. The van der Waals surface area contributed by atoms with Gasteiger partial charge < -0.3 is 42.1 Å². The lowest BCUT2D eigenvalue weighted by Gasteiger charge is -2.32. The van der Waals surface area contributed by atoms with Crippen LogP contribution in [0.1, 0.15) is 67.6 Å². The number of hydrogen-bond acceptors (Lipinski definition) is 11. The van der Waals surface area contributed by atoms with Crippen LogP contribution in [-0.2, 0) is 39.9 Å². The van der Waals surface area contributed by atoms with E-state index in [2.05, 4.69) is 21.3 Å². The van der Waals surface area contributed by atoms with Gasteiger partial charge in [0, 0.05) is 41.2 Å². The number of nitrogens with two attached hydrogens (primary N) is 1. The molecular formula is C46H53ClN6O10S. The molecule has 0 fully saturated rings. The number of nitrogens with zero attached hydrogens (tertiary/aromatic N) is 1. The maximum atomic E-state index is 14.6. The number of rotatable bonds is 15. The van der Waals surface area contributed by atoms with Crippen molar-refractivity contribution in [1.82, 2.24) is 26.2 Å².